The van der Waals surface area contributed by atoms with Crippen molar-refractivity contribution in [2.45, 2.75) is 163 Å². The van der Waals surface area contributed by atoms with Crippen molar-refractivity contribution < 1.29 is 41.1 Å². The zero-order valence-electron chi connectivity index (χ0n) is 51.3. The molecule has 0 saturated carbocycles. The summed E-state index contributed by atoms with van der Waals surface area (Å²) in [7, 11) is -8.67. The first-order valence-electron chi connectivity index (χ1n) is 27.7. The number of esters is 1. The van der Waals surface area contributed by atoms with Crippen LogP contribution in [-0.4, -0.2) is 142 Å². The Hall–Kier alpha value is -5.73. The molecule has 28 nitrogen and oxygen atoms in total. The van der Waals surface area contributed by atoms with E-state index >= 15 is 0 Å². The van der Waals surface area contributed by atoms with E-state index in [1.165, 1.54) is 30.0 Å². The Balaban J connectivity index is 0.00000125. The zero-order valence-corrected chi connectivity index (χ0v) is 57.7. The monoisotopic (exact) mass is 1320 g/mol. The van der Waals surface area contributed by atoms with E-state index in [4.69, 9.17) is 39.4 Å². The lowest BCUT2D eigenvalue weighted by Gasteiger charge is -2.43. The van der Waals surface area contributed by atoms with Crippen LogP contribution >= 0.6 is 35.9 Å². The van der Waals surface area contributed by atoms with Crippen LogP contribution in [0.3, 0.4) is 0 Å². The number of halogens is 1. The number of aromatic amines is 3. The molecule has 3 heterocycles. The maximum atomic E-state index is 12.2. The number of nitrogens with zero attached hydrogens (tertiary/aromatic N) is 3. The Morgan fingerprint density at radius 1 is 0.529 bits per heavy atom. The number of anilines is 3. The number of amidine groups is 2. The van der Waals surface area contributed by atoms with Crippen molar-refractivity contribution in [3.63, 3.8) is 0 Å². The highest BCUT2D eigenvalue weighted by Gasteiger charge is 2.49. The third kappa shape index (κ3) is 44.4. The van der Waals surface area contributed by atoms with Gasteiger partial charge in [-0.1, -0.05) is 49.2 Å². The summed E-state index contributed by atoms with van der Waals surface area (Å²) in [5, 5.41) is 29.8. The molecule has 0 saturated heterocycles. The fraction of sp³-hybridized carbons (Fsp3) is 0.620. The Morgan fingerprint density at radius 3 is 1.26 bits per heavy atom. The van der Waals surface area contributed by atoms with Crippen LogP contribution in [-0.2, 0) is 26.7 Å². The number of hydrogen-bond donors (Lipinski definition) is 13. The van der Waals surface area contributed by atoms with Crippen LogP contribution in [0.2, 0.25) is 65.0 Å². The highest BCUT2D eigenvalue weighted by Crippen LogP contribution is 2.30. The number of aromatic nitrogens is 6. The largest absolute Gasteiger partial charge is 0.469 e. The Bertz CT molecular complexity index is 2720. The molecule has 0 bridgehead atoms. The summed E-state index contributed by atoms with van der Waals surface area (Å²) in [6.45, 7) is 26.1. The van der Waals surface area contributed by atoms with Crippen LogP contribution < -0.4 is 60.0 Å². The fourth-order valence-corrected chi connectivity index (χ4v) is 22.8. The predicted molar refractivity (Wildman–Crippen MR) is 351 cm³/mol. The number of Topliss-reactive ketones (excluding diaryl/α,β-unsaturated/α-hetero) is 1. The van der Waals surface area contributed by atoms with E-state index in [9.17, 15) is 38.4 Å². The quantitative estimate of drug-likeness (QED) is 0.00919. The standard InChI is InChI=1S/C18H30N6O4S.C18H40N4O5Si4.C14H22N6O3S.ClH/c1-13-12-14(25)23-17(22-13)24-18(27)21-9-6-4-2-3-5-8-15(26)28-10-7-11-29-16(19)20;1-15-14-16(23)21-17(20-15)22-18(24)19-12-11-13-31(25-28(2,3)4,26-29(5,6)7)27-30(8,9)10;1-9-7-11(22)19-13(18-9)20-14(23)17-6-4-2-3-5-10(21)8-24-12(15)16;/h12H,2-11H2,1H3,(H3,19,20)(H3,21,22,23,24,25,27);14H,11-13H2,1-10H3,(H3,19,20,21,22,23,24);7H,2-6,8H2,1H3,(H3,15,16)(H3,17,18,19,20,22,23);1H. The molecule has 0 radical (unpaired) electrons. The van der Waals surface area contributed by atoms with Crippen molar-refractivity contribution in [3.8, 4) is 0 Å². The molecular formula is C50H93ClN16O12S2Si4. The number of ether oxygens (including phenoxy) is 1. The second kappa shape index (κ2) is 41.4. The van der Waals surface area contributed by atoms with Crippen LogP contribution in [0.4, 0.5) is 32.2 Å². The molecule has 0 aliphatic heterocycles. The summed E-state index contributed by atoms with van der Waals surface area (Å²) in [6.07, 6.45) is 8.91. The summed E-state index contributed by atoms with van der Waals surface area (Å²) in [5.41, 5.74) is 11.0. The first-order valence-corrected chi connectivity index (χ1v) is 41.8. The molecule has 3 aromatic heterocycles. The highest BCUT2D eigenvalue weighted by atomic mass is 35.5. The van der Waals surface area contributed by atoms with Crippen molar-refractivity contribution in [2.75, 3.05) is 53.7 Å². The van der Waals surface area contributed by atoms with Gasteiger partial charge in [-0.3, -0.25) is 65.7 Å². The molecule has 35 heteroatoms. The van der Waals surface area contributed by atoms with Crippen molar-refractivity contribution in [1.82, 2.24) is 45.9 Å². The molecule has 0 spiro atoms. The number of unbranched alkanes of at least 4 members (excludes halogenated alkanes) is 6. The lowest BCUT2D eigenvalue weighted by atomic mass is 10.1. The molecular weight excluding hydrogens is 1230 g/mol. The number of amides is 6. The van der Waals surface area contributed by atoms with Crippen molar-refractivity contribution in [1.29, 1.82) is 10.8 Å². The van der Waals surface area contributed by atoms with Gasteiger partial charge < -0.3 is 44.5 Å². The number of carbonyl (C=O) groups excluding carboxylic acids is 5. The molecule has 0 aromatic carbocycles. The van der Waals surface area contributed by atoms with Crippen LogP contribution in [0.5, 0.6) is 0 Å². The topological polar surface area (TPSA) is 431 Å². The van der Waals surface area contributed by atoms with Crippen molar-refractivity contribution in [3.05, 3.63) is 66.3 Å². The minimum Gasteiger partial charge on any atom is -0.466 e. The number of thioether (sulfide) groups is 2. The molecule has 0 unspecified atom stereocenters. The molecule has 0 atom stereocenters. The van der Waals surface area contributed by atoms with Gasteiger partial charge in [0.2, 0.25) is 17.8 Å². The predicted octanol–water partition coefficient (Wildman–Crippen LogP) is 7.56. The molecule has 480 valence electrons. The molecule has 0 aliphatic carbocycles. The van der Waals surface area contributed by atoms with E-state index in [0.717, 1.165) is 63.1 Å². The Morgan fingerprint density at radius 2 is 0.882 bits per heavy atom. The third-order valence-corrected chi connectivity index (χ3v) is 23.7. The molecule has 0 fully saturated rings. The molecule has 85 heavy (non-hydrogen) atoms. The average Bonchev–Trinajstić information content (AvgIpc) is 3.54. The maximum Gasteiger partial charge on any atom is 0.469 e. The number of nitrogens with one attached hydrogen (secondary N) is 11. The van der Waals surface area contributed by atoms with Crippen LogP contribution in [0.1, 0.15) is 94.1 Å². The van der Waals surface area contributed by atoms with Gasteiger partial charge in [-0.15, -0.1) is 12.4 Å². The lowest BCUT2D eigenvalue weighted by Crippen LogP contribution is -2.60. The third-order valence-electron chi connectivity index (χ3n) is 10.1. The second-order valence-corrected chi connectivity index (χ2v) is 41.2. The minimum absolute atomic E-state index is 0. The van der Waals surface area contributed by atoms with Crippen LogP contribution in [0.15, 0.2) is 32.6 Å². The number of aryl methyl sites for hydroxylation is 3. The number of ketones is 1. The number of urea groups is 3. The summed E-state index contributed by atoms with van der Waals surface area (Å²) >= 11 is 2.27. The van der Waals surface area contributed by atoms with Crippen molar-refractivity contribution >= 4 is 128 Å². The zero-order chi connectivity index (χ0) is 63.5. The maximum absolute atomic E-state index is 12.2. The van der Waals surface area contributed by atoms with Crippen LogP contribution in [0.25, 0.3) is 0 Å². The second-order valence-electron chi connectivity index (χ2n) is 22.1. The van der Waals surface area contributed by atoms with Gasteiger partial charge in [0.05, 0.1) is 12.4 Å². The fourth-order valence-electron chi connectivity index (χ4n) is 7.17. The molecule has 15 N–H and O–H groups in total. The molecule has 3 rings (SSSR count). The highest BCUT2D eigenvalue weighted by molar-refractivity contribution is 8.14. The van der Waals surface area contributed by atoms with E-state index in [-0.39, 0.29) is 74.8 Å². The number of nitrogens with two attached hydrogens (primary N) is 2. The molecule has 3 aromatic rings. The van der Waals surface area contributed by atoms with Gasteiger partial charge >= 0.3 is 32.9 Å². The van der Waals surface area contributed by atoms with E-state index in [1.54, 1.807) is 20.8 Å². The first-order chi connectivity index (χ1) is 39.1. The lowest BCUT2D eigenvalue weighted by molar-refractivity contribution is -0.143. The van der Waals surface area contributed by atoms with Gasteiger partial charge in [0.25, 0.3) is 16.7 Å². The Kier molecular flexibility index (Phi) is 38.6. The van der Waals surface area contributed by atoms with Crippen molar-refractivity contribution in [2.24, 2.45) is 11.5 Å². The van der Waals surface area contributed by atoms with Crippen LogP contribution in [0, 0.1) is 31.6 Å². The van der Waals surface area contributed by atoms with Gasteiger partial charge in [-0.2, -0.15) is 0 Å². The number of carbonyl (C=O) groups is 5. The summed E-state index contributed by atoms with van der Waals surface area (Å²) in [6, 6.07) is 3.40. The van der Waals surface area contributed by atoms with Gasteiger partial charge in [0.15, 0.2) is 35.3 Å². The minimum atomic E-state index is -2.91. The molecule has 0 aliphatic rings. The Labute approximate surface area is 517 Å². The van der Waals surface area contributed by atoms with E-state index < -0.39 is 51.8 Å². The van der Waals surface area contributed by atoms with Gasteiger partial charge in [0.1, 0.15) is 5.78 Å². The first kappa shape index (κ1) is 79.3. The normalized spacial score (nSPS) is 11.2. The number of rotatable bonds is 33. The number of H-pyrrole nitrogens is 3. The average molecular weight is 1320 g/mol. The van der Waals surface area contributed by atoms with E-state index in [2.05, 4.69) is 121 Å². The van der Waals surface area contributed by atoms with E-state index in [1.807, 2.05) is 0 Å². The molecule has 6 amide bonds. The summed E-state index contributed by atoms with van der Waals surface area (Å²) < 4.78 is 25.0. The number of hydrogen-bond acceptors (Lipinski definition) is 19. The SMILES string of the molecule is Cc1cc(=O)[nH]c(NC(=O)NCCCCCC(=O)CSC(=N)N)n1.Cc1cc(=O)[nH]c(NC(=O)NCCCCCCCC(=O)OCCCSC(=N)N)n1.Cc1cc(=O)[nH]c(NC(=O)NCCC[Si](O[Si](C)(C)C)(O[Si](C)(C)C)O[Si](C)(C)C)n1.Cl. The van der Waals surface area contributed by atoms with Gasteiger partial charge in [0, 0.05) is 79.6 Å². The summed E-state index contributed by atoms with van der Waals surface area (Å²) in [4.78, 5) is 112. The smallest absolute Gasteiger partial charge is 0.466 e. The van der Waals surface area contributed by atoms with Gasteiger partial charge in [-0.05, 0) is 118 Å². The van der Waals surface area contributed by atoms with Gasteiger partial charge in [-0.25, -0.2) is 29.3 Å². The summed E-state index contributed by atoms with van der Waals surface area (Å²) in [5.74, 6) is 1.13. The van der Waals surface area contributed by atoms with E-state index in [0.29, 0.717) is 80.8 Å².